The Morgan fingerprint density at radius 2 is 2.25 bits per heavy atom. The van der Waals surface area contributed by atoms with Crippen LogP contribution in [0.25, 0.3) is 0 Å². The van der Waals surface area contributed by atoms with Gasteiger partial charge in [-0.1, -0.05) is 29.2 Å². The van der Waals surface area contributed by atoms with Crippen LogP contribution in [0.2, 0.25) is 0 Å². The Balaban J connectivity index is 2.07. The second-order valence-corrected chi connectivity index (χ2v) is 5.50. The second-order valence-electron chi connectivity index (χ2n) is 3.27. The van der Waals surface area contributed by atoms with Crippen molar-refractivity contribution in [1.82, 2.24) is 10.2 Å². The summed E-state index contributed by atoms with van der Waals surface area (Å²) in [6.07, 6.45) is 0. The van der Waals surface area contributed by atoms with E-state index in [2.05, 4.69) is 10.2 Å². The van der Waals surface area contributed by atoms with Crippen molar-refractivity contribution in [3.63, 3.8) is 0 Å². The molecule has 0 aliphatic rings. The largest absolute Gasteiger partial charge is 0.374 e. The summed E-state index contributed by atoms with van der Waals surface area (Å²) in [6.45, 7) is 1.96. The third kappa shape index (κ3) is 2.70. The molecule has 2 rings (SSSR count). The van der Waals surface area contributed by atoms with Gasteiger partial charge in [0.05, 0.1) is 0 Å². The molecule has 0 saturated carbocycles. The van der Waals surface area contributed by atoms with E-state index in [9.17, 15) is 4.39 Å². The second kappa shape index (κ2) is 4.80. The zero-order chi connectivity index (χ0) is 11.5. The van der Waals surface area contributed by atoms with Gasteiger partial charge in [-0.3, -0.25) is 0 Å². The van der Waals surface area contributed by atoms with E-state index in [1.165, 1.54) is 29.2 Å². The molecule has 0 bridgehead atoms. The summed E-state index contributed by atoms with van der Waals surface area (Å²) in [5.41, 5.74) is 7.52. The van der Waals surface area contributed by atoms with E-state index in [4.69, 9.17) is 5.73 Å². The molecular weight excluding hydrogens is 245 g/mol. The van der Waals surface area contributed by atoms with Crippen LogP contribution in [0.1, 0.15) is 11.1 Å². The molecule has 0 aliphatic carbocycles. The van der Waals surface area contributed by atoms with Crippen LogP contribution in [0.3, 0.4) is 0 Å². The van der Waals surface area contributed by atoms with Gasteiger partial charge in [0.1, 0.15) is 5.82 Å². The van der Waals surface area contributed by atoms with Crippen molar-refractivity contribution in [3.8, 4) is 0 Å². The van der Waals surface area contributed by atoms with Crippen molar-refractivity contribution in [1.29, 1.82) is 0 Å². The standard InChI is InChI=1S/C10H10FN3S2/c1-6-2-3-8(11)4-7(6)5-15-10-14-13-9(12)16-10/h2-4H,5H2,1H3,(H2,12,13). The Morgan fingerprint density at radius 3 is 2.94 bits per heavy atom. The molecule has 3 nitrogen and oxygen atoms in total. The summed E-state index contributed by atoms with van der Waals surface area (Å²) < 4.78 is 13.8. The highest BCUT2D eigenvalue weighted by molar-refractivity contribution is 8.00. The molecule has 0 amide bonds. The highest BCUT2D eigenvalue weighted by Gasteiger charge is 2.05. The lowest BCUT2D eigenvalue weighted by atomic mass is 10.1. The predicted octanol–water partition coefficient (Wildman–Crippen LogP) is 2.86. The van der Waals surface area contributed by atoms with Gasteiger partial charge in [0.25, 0.3) is 0 Å². The number of nitrogens with zero attached hydrogens (tertiary/aromatic N) is 2. The number of anilines is 1. The number of benzene rings is 1. The van der Waals surface area contributed by atoms with Gasteiger partial charge in [-0.05, 0) is 30.2 Å². The van der Waals surface area contributed by atoms with E-state index < -0.39 is 0 Å². The predicted molar refractivity (Wildman–Crippen MR) is 65.0 cm³/mol. The maximum atomic E-state index is 13.0. The van der Waals surface area contributed by atoms with Crippen molar-refractivity contribution < 1.29 is 4.39 Å². The van der Waals surface area contributed by atoms with Crippen LogP contribution in [0.4, 0.5) is 9.52 Å². The lowest BCUT2D eigenvalue weighted by Crippen LogP contribution is -1.88. The summed E-state index contributed by atoms with van der Waals surface area (Å²) in [5, 5.41) is 8.07. The van der Waals surface area contributed by atoms with Gasteiger partial charge in [-0.25, -0.2) is 4.39 Å². The Labute approximate surface area is 101 Å². The number of aryl methyl sites for hydroxylation is 1. The number of hydrogen-bond acceptors (Lipinski definition) is 5. The zero-order valence-electron chi connectivity index (χ0n) is 8.61. The van der Waals surface area contributed by atoms with Crippen molar-refractivity contribution in [2.24, 2.45) is 0 Å². The SMILES string of the molecule is Cc1ccc(F)cc1CSc1nnc(N)s1. The molecule has 0 radical (unpaired) electrons. The number of nitrogen functional groups attached to an aromatic ring is 1. The fourth-order valence-corrected chi connectivity index (χ4v) is 2.91. The van der Waals surface area contributed by atoms with Crippen LogP contribution in [0.15, 0.2) is 22.5 Å². The van der Waals surface area contributed by atoms with Gasteiger partial charge >= 0.3 is 0 Å². The van der Waals surface area contributed by atoms with Crippen LogP contribution >= 0.6 is 23.1 Å². The first-order valence-electron chi connectivity index (χ1n) is 4.62. The molecule has 0 spiro atoms. The van der Waals surface area contributed by atoms with Crippen molar-refractivity contribution in [3.05, 3.63) is 35.1 Å². The third-order valence-corrected chi connectivity index (χ3v) is 4.02. The molecule has 0 fully saturated rings. The Kier molecular flexibility index (Phi) is 3.40. The van der Waals surface area contributed by atoms with Crippen molar-refractivity contribution in [2.45, 2.75) is 17.0 Å². The van der Waals surface area contributed by atoms with Crippen molar-refractivity contribution in [2.75, 3.05) is 5.73 Å². The van der Waals surface area contributed by atoms with Crippen LogP contribution in [-0.4, -0.2) is 10.2 Å². The summed E-state index contributed by atoms with van der Waals surface area (Å²) in [6, 6.07) is 4.79. The van der Waals surface area contributed by atoms with Gasteiger partial charge in [0.15, 0.2) is 4.34 Å². The van der Waals surface area contributed by atoms with E-state index in [-0.39, 0.29) is 5.82 Å². The lowest BCUT2D eigenvalue weighted by molar-refractivity contribution is 0.626. The fourth-order valence-electron chi connectivity index (χ4n) is 1.21. The highest BCUT2D eigenvalue weighted by atomic mass is 32.2. The first-order valence-corrected chi connectivity index (χ1v) is 6.42. The molecule has 16 heavy (non-hydrogen) atoms. The summed E-state index contributed by atoms with van der Waals surface area (Å²) in [5.74, 6) is 0.469. The molecule has 2 N–H and O–H groups in total. The Bertz CT molecular complexity index is 499. The summed E-state index contributed by atoms with van der Waals surface area (Å²) >= 11 is 2.86. The van der Waals surface area contributed by atoms with E-state index in [1.54, 1.807) is 12.1 Å². The molecule has 1 heterocycles. The topological polar surface area (TPSA) is 51.8 Å². The Hall–Kier alpha value is -1.14. The van der Waals surface area contributed by atoms with Crippen LogP contribution in [-0.2, 0) is 5.75 Å². The number of rotatable bonds is 3. The van der Waals surface area contributed by atoms with Gasteiger partial charge < -0.3 is 5.73 Å². The van der Waals surface area contributed by atoms with Gasteiger partial charge in [0.2, 0.25) is 5.13 Å². The normalized spacial score (nSPS) is 10.6. The smallest absolute Gasteiger partial charge is 0.203 e. The highest BCUT2D eigenvalue weighted by Crippen LogP contribution is 2.28. The molecule has 2 aromatic rings. The van der Waals surface area contributed by atoms with E-state index in [1.807, 2.05) is 6.92 Å². The van der Waals surface area contributed by atoms with Crippen LogP contribution < -0.4 is 5.73 Å². The molecule has 6 heteroatoms. The average molecular weight is 255 g/mol. The van der Waals surface area contributed by atoms with Gasteiger partial charge in [0, 0.05) is 5.75 Å². The first kappa shape index (κ1) is 11.3. The summed E-state index contributed by atoms with van der Waals surface area (Å²) in [4.78, 5) is 0. The minimum Gasteiger partial charge on any atom is -0.374 e. The molecule has 84 valence electrons. The number of nitrogens with two attached hydrogens (primary N) is 1. The molecule has 0 unspecified atom stereocenters. The molecule has 0 saturated heterocycles. The number of halogens is 1. The lowest BCUT2D eigenvalue weighted by Gasteiger charge is -2.03. The third-order valence-electron chi connectivity index (χ3n) is 2.08. The van der Waals surface area contributed by atoms with Gasteiger partial charge in [-0.2, -0.15) is 0 Å². The monoisotopic (exact) mass is 255 g/mol. The minimum absolute atomic E-state index is 0.210. The van der Waals surface area contributed by atoms with Gasteiger partial charge in [-0.15, -0.1) is 10.2 Å². The van der Waals surface area contributed by atoms with Crippen molar-refractivity contribution >= 4 is 28.2 Å². The maximum Gasteiger partial charge on any atom is 0.203 e. The average Bonchev–Trinajstić information content (AvgIpc) is 2.66. The quantitative estimate of drug-likeness (QED) is 0.857. The molecule has 1 aromatic carbocycles. The first-order chi connectivity index (χ1) is 7.65. The number of thioether (sulfide) groups is 1. The fraction of sp³-hybridized carbons (Fsp3) is 0.200. The van der Waals surface area contributed by atoms with Crippen LogP contribution in [0, 0.1) is 12.7 Å². The molecule has 0 atom stereocenters. The summed E-state index contributed by atoms with van der Waals surface area (Å²) in [7, 11) is 0. The Morgan fingerprint density at radius 1 is 1.44 bits per heavy atom. The van der Waals surface area contributed by atoms with E-state index >= 15 is 0 Å². The number of hydrogen-bond donors (Lipinski definition) is 1. The number of aromatic nitrogens is 2. The zero-order valence-corrected chi connectivity index (χ0v) is 10.2. The maximum absolute atomic E-state index is 13.0. The van der Waals surface area contributed by atoms with E-state index in [0.29, 0.717) is 10.9 Å². The molecular formula is C10H10FN3S2. The minimum atomic E-state index is -0.210. The van der Waals surface area contributed by atoms with Crippen LogP contribution in [0.5, 0.6) is 0 Å². The molecule has 0 aliphatic heterocycles. The molecule has 1 aromatic heterocycles. The van der Waals surface area contributed by atoms with E-state index in [0.717, 1.165) is 15.5 Å².